The van der Waals surface area contributed by atoms with E-state index in [1.165, 1.54) is 0 Å². The second kappa shape index (κ2) is 13.5. The molecule has 0 bridgehead atoms. The van der Waals surface area contributed by atoms with Crippen molar-refractivity contribution in [1.82, 2.24) is 0 Å². The van der Waals surface area contributed by atoms with Crippen molar-refractivity contribution in [2.24, 2.45) is 0 Å². The van der Waals surface area contributed by atoms with Crippen LogP contribution in [0.4, 0.5) is 0 Å². The Morgan fingerprint density at radius 1 is 1.25 bits per heavy atom. The zero-order valence-corrected chi connectivity index (χ0v) is 11.9. The molecule has 0 rings (SSSR count). The van der Waals surface area contributed by atoms with Crippen LogP contribution in [-0.2, 0) is 4.79 Å². The molecular formula is C17H22O3. The van der Waals surface area contributed by atoms with Gasteiger partial charge in [0.1, 0.15) is 0 Å². The molecule has 0 heterocycles. The first-order valence-electron chi connectivity index (χ1n) is 6.81. The normalized spacial score (nSPS) is 11.7. The van der Waals surface area contributed by atoms with Crippen LogP contribution in [-0.4, -0.2) is 22.3 Å². The van der Waals surface area contributed by atoms with Crippen LogP contribution in [0.15, 0.2) is 24.3 Å². The first kappa shape index (κ1) is 18.0. The number of carbonyl (C=O) groups is 1. The third-order valence-electron chi connectivity index (χ3n) is 2.43. The molecule has 2 N–H and O–H groups in total. The molecule has 0 aliphatic carbocycles. The predicted octanol–water partition coefficient (Wildman–Crippen LogP) is 2.91. The van der Waals surface area contributed by atoms with Crippen LogP contribution < -0.4 is 0 Å². The second-order valence-electron chi connectivity index (χ2n) is 4.28. The fraction of sp³-hybridized carbons (Fsp3) is 0.471. The zero-order chi connectivity index (χ0) is 15.1. The largest absolute Gasteiger partial charge is 0.481 e. The molecule has 1 atom stereocenters. The molecule has 0 radical (unpaired) electrons. The SMILES string of the molecule is CC=CC#CC#CCC=CCCCCC(O)CC(=O)O. The molecule has 0 aromatic heterocycles. The Hall–Kier alpha value is -1.97. The highest BCUT2D eigenvalue weighted by Gasteiger charge is 2.07. The number of unbranched alkanes of at least 4 members (excludes halogenated alkanes) is 2. The molecule has 0 aliphatic heterocycles. The van der Waals surface area contributed by atoms with Crippen LogP contribution in [0.3, 0.4) is 0 Å². The Bertz CT molecular complexity index is 438. The Morgan fingerprint density at radius 2 is 2.05 bits per heavy atom. The molecule has 1 unspecified atom stereocenters. The monoisotopic (exact) mass is 274 g/mol. The van der Waals surface area contributed by atoms with E-state index in [4.69, 9.17) is 5.11 Å². The van der Waals surface area contributed by atoms with E-state index < -0.39 is 12.1 Å². The quantitative estimate of drug-likeness (QED) is 0.406. The van der Waals surface area contributed by atoms with E-state index in [1.54, 1.807) is 6.08 Å². The number of carboxylic acid groups (broad SMARTS) is 1. The van der Waals surface area contributed by atoms with Crippen molar-refractivity contribution in [2.75, 3.05) is 0 Å². The Morgan fingerprint density at radius 3 is 2.75 bits per heavy atom. The van der Waals surface area contributed by atoms with Gasteiger partial charge in [-0.2, -0.15) is 0 Å². The molecule has 108 valence electrons. The zero-order valence-electron chi connectivity index (χ0n) is 11.9. The number of aliphatic hydroxyl groups excluding tert-OH is 1. The summed E-state index contributed by atoms with van der Waals surface area (Å²) in [6.45, 7) is 1.91. The van der Waals surface area contributed by atoms with E-state index in [0.29, 0.717) is 12.8 Å². The summed E-state index contributed by atoms with van der Waals surface area (Å²) in [5.74, 6) is 10.2. The summed E-state index contributed by atoms with van der Waals surface area (Å²) in [5.41, 5.74) is 0. The van der Waals surface area contributed by atoms with E-state index >= 15 is 0 Å². The summed E-state index contributed by atoms with van der Waals surface area (Å²) < 4.78 is 0. The lowest BCUT2D eigenvalue weighted by molar-refractivity contribution is -0.139. The van der Waals surface area contributed by atoms with Gasteiger partial charge in [-0.3, -0.25) is 4.79 Å². The van der Waals surface area contributed by atoms with E-state index in [0.717, 1.165) is 19.3 Å². The van der Waals surface area contributed by atoms with Crippen LogP contribution in [0, 0.1) is 23.7 Å². The minimum Gasteiger partial charge on any atom is -0.481 e. The number of hydrogen-bond donors (Lipinski definition) is 2. The molecule has 0 saturated carbocycles. The molecule has 0 aliphatic rings. The van der Waals surface area contributed by atoms with Gasteiger partial charge < -0.3 is 10.2 Å². The van der Waals surface area contributed by atoms with Crippen LogP contribution in [0.25, 0.3) is 0 Å². The van der Waals surface area contributed by atoms with Crippen molar-refractivity contribution in [3.63, 3.8) is 0 Å². The van der Waals surface area contributed by atoms with E-state index in [1.807, 2.05) is 19.1 Å². The maximum Gasteiger partial charge on any atom is 0.305 e. The van der Waals surface area contributed by atoms with Gasteiger partial charge in [-0.25, -0.2) is 0 Å². The average molecular weight is 274 g/mol. The fourth-order valence-electron chi connectivity index (χ4n) is 1.46. The minimum absolute atomic E-state index is 0.167. The van der Waals surface area contributed by atoms with Crippen molar-refractivity contribution in [3.05, 3.63) is 24.3 Å². The van der Waals surface area contributed by atoms with E-state index in [2.05, 4.69) is 29.8 Å². The van der Waals surface area contributed by atoms with E-state index in [-0.39, 0.29) is 6.42 Å². The fourth-order valence-corrected chi connectivity index (χ4v) is 1.46. The average Bonchev–Trinajstić information content (AvgIpc) is 2.39. The lowest BCUT2D eigenvalue weighted by atomic mass is 10.1. The topological polar surface area (TPSA) is 57.5 Å². The molecule has 3 heteroatoms. The molecule has 20 heavy (non-hydrogen) atoms. The summed E-state index contributed by atoms with van der Waals surface area (Å²) >= 11 is 0. The first-order chi connectivity index (χ1) is 9.66. The second-order valence-corrected chi connectivity index (χ2v) is 4.28. The maximum absolute atomic E-state index is 10.3. The van der Waals surface area contributed by atoms with E-state index in [9.17, 15) is 9.90 Å². The van der Waals surface area contributed by atoms with Gasteiger partial charge in [0.25, 0.3) is 0 Å². The van der Waals surface area contributed by atoms with Crippen molar-refractivity contribution in [3.8, 4) is 23.7 Å². The number of allylic oxidation sites excluding steroid dienone is 4. The highest BCUT2D eigenvalue weighted by Crippen LogP contribution is 2.07. The molecule has 0 spiro atoms. The Labute approximate surface area is 121 Å². The summed E-state index contributed by atoms with van der Waals surface area (Å²) in [6, 6.07) is 0. The van der Waals surface area contributed by atoms with Gasteiger partial charge in [-0.1, -0.05) is 36.5 Å². The lowest BCUT2D eigenvalue weighted by Crippen LogP contribution is -2.12. The number of hydrogen-bond acceptors (Lipinski definition) is 2. The molecular weight excluding hydrogens is 252 g/mol. The van der Waals surface area contributed by atoms with Gasteiger partial charge in [0.15, 0.2) is 0 Å². The minimum atomic E-state index is -0.950. The Kier molecular flexibility index (Phi) is 12.1. The third kappa shape index (κ3) is 14.1. The molecule has 0 aromatic carbocycles. The first-order valence-corrected chi connectivity index (χ1v) is 6.81. The molecule has 3 nitrogen and oxygen atoms in total. The smallest absolute Gasteiger partial charge is 0.305 e. The van der Waals surface area contributed by atoms with Crippen molar-refractivity contribution in [1.29, 1.82) is 0 Å². The number of aliphatic carboxylic acids is 1. The highest BCUT2D eigenvalue weighted by molar-refractivity contribution is 5.67. The van der Waals surface area contributed by atoms with Crippen molar-refractivity contribution in [2.45, 2.75) is 51.6 Å². The van der Waals surface area contributed by atoms with Crippen LogP contribution in [0.2, 0.25) is 0 Å². The molecule has 0 aromatic rings. The van der Waals surface area contributed by atoms with Gasteiger partial charge in [0.05, 0.1) is 12.5 Å². The van der Waals surface area contributed by atoms with Gasteiger partial charge in [0.2, 0.25) is 0 Å². The van der Waals surface area contributed by atoms with Crippen molar-refractivity contribution < 1.29 is 15.0 Å². The number of carboxylic acids is 1. The van der Waals surface area contributed by atoms with Crippen LogP contribution >= 0.6 is 0 Å². The molecule has 0 amide bonds. The summed E-state index contributed by atoms with van der Waals surface area (Å²) in [7, 11) is 0. The van der Waals surface area contributed by atoms with Crippen molar-refractivity contribution >= 4 is 5.97 Å². The molecule has 0 fully saturated rings. The highest BCUT2D eigenvalue weighted by atomic mass is 16.4. The molecule has 0 saturated heterocycles. The van der Waals surface area contributed by atoms with Gasteiger partial charge in [-0.05, 0) is 44.1 Å². The summed E-state index contributed by atoms with van der Waals surface area (Å²) in [4.78, 5) is 10.3. The standard InChI is InChI=1S/C17H22O3/c1-2-3-4-5-6-7-8-9-10-11-12-13-14-16(18)15-17(19)20/h2-3,9-10,16,18H,8,11-15H2,1H3,(H,19,20). The third-order valence-corrected chi connectivity index (χ3v) is 2.43. The van der Waals surface area contributed by atoms with Gasteiger partial charge in [0, 0.05) is 6.42 Å². The predicted molar refractivity (Wildman–Crippen MR) is 80.9 cm³/mol. The van der Waals surface area contributed by atoms with Crippen LogP contribution in [0.5, 0.6) is 0 Å². The number of aliphatic hydroxyl groups is 1. The summed E-state index contributed by atoms with van der Waals surface area (Å²) in [5, 5.41) is 17.8. The summed E-state index contributed by atoms with van der Waals surface area (Å²) in [6.07, 6.45) is 10.7. The van der Waals surface area contributed by atoms with Crippen LogP contribution in [0.1, 0.15) is 45.4 Å². The van der Waals surface area contributed by atoms with Gasteiger partial charge in [-0.15, -0.1) is 0 Å². The van der Waals surface area contributed by atoms with Gasteiger partial charge >= 0.3 is 5.97 Å². The maximum atomic E-state index is 10.3. The Balaban J connectivity index is 3.54. The lowest BCUT2D eigenvalue weighted by Gasteiger charge is -2.05. The number of rotatable bonds is 8.